The lowest BCUT2D eigenvalue weighted by Crippen LogP contribution is -2.46. The van der Waals surface area contributed by atoms with Crippen molar-refractivity contribution in [1.82, 2.24) is 9.80 Å². The first-order chi connectivity index (χ1) is 6.42. The van der Waals surface area contributed by atoms with E-state index >= 15 is 0 Å². The van der Waals surface area contributed by atoms with Gasteiger partial charge >= 0.3 is 0 Å². The van der Waals surface area contributed by atoms with Gasteiger partial charge in [0.05, 0.1) is 6.17 Å². The molecule has 1 atom stereocenters. The van der Waals surface area contributed by atoms with Crippen molar-refractivity contribution in [3.8, 4) is 0 Å². The summed E-state index contributed by atoms with van der Waals surface area (Å²) in [6.07, 6.45) is 7.79. The molecule has 13 heavy (non-hydrogen) atoms. The molecule has 2 heterocycles. The maximum absolute atomic E-state index is 10.8. The van der Waals surface area contributed by atoms with Gasteiger partial charge in [-0.25, -0.2) is 0 Å². The van der Waals surface area contributed by atoms with Gasteiger partial charge in [-0.2, -0.15) is 0 Å². The Kier molecular flexibility index (Phi) is 2.83. The Morgan fingerprint density at radius 3 is 2.46 bits per heavy atom. The van der Waals surface area contributed by atoms with E-state index in [9.17, 15) is 4.79 Å². The van der Waals surface area contributed by atoms with Crippen LogP contribution in [0.3, 0.4) is 0 Å². The van der Waals surface area contributed by atoms with Gasteiger partial charge in [0.2, 0.25) is 6.41 Å². The summed E-state index contributed by atoms with van der Waals surface area (Å²) in [5.74, 6) is 0. The predicted octanol–water partition coefficient (Wildman–Crippen LogP) is 1.05. The number of carbonyl (C=O) groups is 1. The Labute approximate surface area is 79.7 Å². The van der Waals surface area contributed by atoms with Crippen LogP contribution in [0.15, 0.2) is 0 Å². The summed E-state index contributed by atoms with van der Waals surface area (Å²) in [4.78, 5) is 15.2. The molecule has 0 saturated carbocycles. The van der Waals surface area contributed by atoms with Gasteiger partial charge < -0.3 is 4.90 Å². The van der Waals surface area contributed by atoms with Crippen molar-refractivity contribution in [2.75, 3.05) is 19.6 Å². The molecule has 0 aromatic heterocycles. The van der Waals surface area contributed by atoms with Crippen molar-refractivity contribution in [3.05, 3.63) is 0 Å². The number of nitrogens with zero attached hydrogens (tertiary/aromatic N) is 2. The van der Waals surface area contributed by atoms with Gasteiger partial charge in [0, 0.05) is 19.6 Å². The summed E-state index contributed by atoms with van der Waals surface area (Å²) in [6.45, 7) is 3.34. The lowest BCUT2D eigenvalue weighted by molar-refractivity contribution is -0.122. The van der Waals surface area contributed by atoms with Crippen molar-refractivity contribution >= 4 is 6.41 Å². The second kappa shape index (κ2) is 4.09. The van der Waals surface area contributed by atoms with Crippen molar-refractivity contribution in [2.24, 2.45) is 0 Å². The number of rotatable bonds is 2. The van der Waals surface area contributed by atoms with E-state index in [0.717, 1.165) is 13.0 Å². The van der Waals surface area contributed by atoms with Crippen LogP contribution < -0.4 is 0 Å². The number of hydrogen-bond donors (Lipinski definition) is 0. The van der Waals surface area contributed by atoms with Crippen LogP contribution in [0.25, 0.3) is 0 Å². The normalized spacial score (nSPS) is 30.8. The smallest absolute Gasteiger partial charge is 0.210 e. The van der Waals surface area contributed by atoms with Gasteiger partial charge in [0.15, 0.2) is 0 Å². The summed E-state index contributed by atoms with van der Waals surface area (Å²) in [7, 11) is 0. The van der Waals surface area contributed by atoms with E-state index in [1.165, 1.54) is 45.2 Å². The number of carbonyl (C=O) groups excluding carboxylic acids is 1. The summed E-state index contributed by atoms with van der Waals surface area (Å²) < 4.78 is 0. The zero-order valence-corrected chi connectivity index (χ0v) is 8.11. The van der Waals surface area contributed by atoms with Crippen LogP contribution in [0.5, 0.6) is 0 Å². The van der Waals surface area contributed by atoms with E-state index in [-0.39, 0.29) is 0 Å². The Bertz CT molecular complexity index is 178. The third-order valence-electron chi connectivity index (χ3n) is 3.21. The fraction of sp³-hybridized carbons (Fsp3) is 0.900. The van der Waals surface area contributed by atoms with Crippen LogP contribution in [0.2, 0.25) is 0 Å². The molecule has 2 aliphatic heterocycles. The average Bonchev–Trinajstić information content (AvgIpc) is 2.67. The molecule has 3 heteroatoms. The zero-order chi connectivity index (χ0) is 9.10. The van der Waals surface area contributed by atoms with Crippen LogP contribution in [0, 0.1) is 0 Å². The number of hydrogen-bond acceptors (Lipinski definition) is 2. The SMILES string of the molecule is O=CN1CCCC1N1CCCCC1. The van der Waals surface area contributed by atoms with E-state index in [1.807, 2.05) is 4.90 Å². The first-order valence-electron chi connectivity index (χ1n) is 5.37. The highest BCUT2D eigenvalue weighted by atomic mass is 16.1. The van der Waals surface area contributed by atoms with Crippen LogP contribution >= 0.6 is 0 Å². The van der Waals surface area contributed by atoms with Crippen molar-refractivity contribution in [3.63, 3.8) is 0 Å². The fourth-order valence-electron chi connectivity index (χ4n) is 2.50. The largest absolute Gasteiger partial charge is 0.330 e. The highest BCUT2D eigenvalue weighted by Crippen LogP contribution is 2.22. The van der Waals surface area contributed by atoms with Crippen molar-refractivity contribution in [2.45, 2.75) is 38.3 Å². The Balaban J connectivity index is 1.93. The molecule has 0 aliphatic carbocycles. The van der Waals surface area contributed by atoms with Crippen LogP contribution in [-0.2, 0) is 4.79 Å². The predicted molar refractivity (Wildman–Crippen MR) is 51.2 cm³/mol. The molecule has 1 unspecified atom stereocenters. The minimum absolute atomic E-state index is 0.429. The third kappa shape index (κ3) is 1.85. The molecule has 3 nitrogen and oxygen atoms in total. The molecule has 2 fully saturated rings. The highest BCUT2D eigenvalue weighted by molar-refractivity contribution is 5.48. The molecule has 0 radical (unpaired) electrons. The lowest BCUT2D eigenvalue weighted by Gasteiger charge is -2.35. The Morgan fingerprint density at radius 2 is 1.77 bits per heavy atom. The molecule has 0 spiro atoms. The molecular weight excluding hydrogens is 164 g/mol. The minimum atomic E-state index is 0.429. The molecule has 0 bridgehead atoms. The third-order valence-corrected chi connectivity index (χ3v) is 3.21. The number of likely N-dealkylation sites (tertiary alicyclic amines) is 2. The summed E-state index contributed by atoms with van der Waals surface area (Å²) in [5, 5.41) is 0. The van der Waals surface area contributed by atoms with Crippen LogP contribution in [0.1, 0.15) is 32.1 Å². The van der Waals surface area contributed by atoms with E-state index in [2.05, 4.69) is 4.90 Å². The number of amides is 1. The quantitative estimate of drug-likeness (QED) is 0.596. The first kappa shape index (κ1) is 9.00. The van der Waals surface area contributed by atoms with E-state index in [4.69, 9.17) is 0 Å². The molecule has 0 N–H and O–H groups in total. The summed E-state index contributed by atoms with van der Waals surface area (Å²) >= 11 is 0. The molecule has 2 aliphatic rings. The molecule has 0 aromatic carbocycles. The van der Waals surface area contributed by atoms with Crippen LogP contribution in [0.4, 0.5) is 0 Å². The van der Waals surface area contributed by atoms with Crippen molar-refractivity contribution < 1.29 is 4.79 Å². The zero-order valence-electron chi connectivity index (χ0n) is 8.11. The van der Waals surface area contributed by atoms with Gasteiger partial charge in [0.25, 0.3) is 0 Å². The second-order valence-electron chi connectivity index (χ2n) is 4.06. The van der Waals surface area contributed by atoms with E-state index in [1.54, 1.807) is 0 Å². The first-order valence-corrected chi connectivity index (χ1v) is 5.37. The fourth-order valence-corrected chi connectivity index (χ4v) is 2.50. The molecule has 0 aromatic rings. The maximum Gasteiger partial charge on any atom is 0.210 e. The average molecular weight is 182 g/mol. The Morgan fingerprint density at radius 1 is 1.00 bits per heavy atom. The van der Waals surface area contributed by atoms with Gasteiger partial charge in [-0.3, -0.25) is 9.69 Å². The molecule has 1 amide bonds. The monoisotopic (exact) mass is 182 g/mol. The molecular formula is C10H18N2O. The molecule has 2 saturated heterocycles. The topological polar surface area (TPSA) is 23.6 Å². The molecule has 2 rings (SSSR count). The van der Waals surface area contributed by atoms with E-state index in [0.29, 0.717) is 6.17 Å². The minimum Gasteiger partial charge on any atom is -0.330 e. The van der Waals surface area contributed by atoms with Gasteiger partial charge in [-0.05, 0) is 25.7 Å². The van der Waals surface area contributed by atoms with Crippen molar-refractivity contribution in [1.29, 1.82) is 0 Å². The summed E-state index contributed by atoms with van der Waals surface area (Å²) in [6, 6.07) is 0. The maximum atomic E-state index is 10.8. The van der Waals surface area contributed by atoms with Crippen LogP contribution in [-0.4, -0.2) is 42.0 Å². The van der Waals surface area contributed by atoms with Gasteiger partial charge in [-0.1, -0.05) is 6.42 Å². The van der Waals surface area contributed by atoms with Gasteiger partial charge in [0.1, 0.15) is 0 Å². The highest BCUT2D eigenvalue weighted by Gasteiger charge is 2.29. The lowest BCUT2D eigenvalue weighted by atomic mass is 10.1. The second-order valence-corrected chi connectivity index (χ2v) is 4.06. The van der Waals surface area contributed by atoms with E-state index < -0.39 is 0 Å². The Hall–Kier alpha value is -0.570. The van der Waals surface area contributed by atoms with Gasteiger partial charge in [-0.15, -0.1) is 0 Å². The standard InChI is InChI=1S/C10H18N2O/c13-9-12-8-4-5-10(12)11-6-2-1-3-7-11/h9-10H,1-8H2. The number of piperidine rings is 1. The molecule has 74 valence electrons. The summed E-state index contributed by atoms with van der Waals surface area (Å²) in [5.41, 5.74) is 0.